The first-order chi connectivity index (χ1) is 20.6. The Morgan fingerprint density at radius 1 is 0.674 bits per heavy atom. The Morgan fingerprint density at radius 3 is 1.47 bits per heavy atom. The number of imide groups is 2. The van der Waals surface area contributed by atoms with Gasteiger partial charge in [0.15, 0.2) is 0 Å². The van der Waals surface area contributed by atoms with Crippen molar-refractivity contribution in [3.63, 3.8) is 0 Å². The monoisotopic (exact) mass is 586 g/mol. The van der Waals surface area contributed by atoms with Crippen LogP contribution in [0.3, 0.4) is 0 Å². The molecule has 2 saturated heterocycles. The highest BCUT2D eigenvalue weighted by Gasteiger charge is 2.77. The van der Waals surface area contributed by atoms with Crippen LogP contribution in [-0.2, 0) is 28.7 Å². The lowest BCUT2D eigenvalue weighted by Gasteiger charge is -2.55. The van der Waals surface area contributed by atoms with Crippen LogP contribution in [-0.4, -0.2) is 49.4 Å². The van der Waals surface area contributed by atoms with Crippen LogP contribution in [0, 0.1) is 35.0 Å². The van der Waals surface area contributed by atoms with Gasteiger partial charge in [-0.2, -0.15) is 0 Å². The van der Waals surface area contributed by atoms with E-state index in [1.807, 2.05) is 13.8 Å². The molecule has 2 heterocycles. The fourth-order valence-electron chi connectivity index (χ4n) is 8.03. The minimum absolute atomic E-state index is 0.0922. The van der Waals surface area contributed by atoms with Gasteiger partial charge >= 0.3 is 5.97 Å². The number of carbonyl (C=O) groups excluding carboxylic acids is 5. The van der Waals surface area contributed by atoms with Crippen molar-refractivity contribution in [2.75, 3.05) is 29.6 Å². The summed E-state index contributed by atoms with van der Waals surface area (Å²) in [6, 6.07) is 13.3. The van der Waals surface area contributed by atoms with Gasteiger partial charge in [-0.15, -0.1) is 0 Å². The first-order valence-electron chi connectivity index (χ1n) is 14.7. The molecule has 3 aliphatic carbocycles. The lowest BCUT2D eigenvalue weighted by Crippen LogP contribution is -2.61. The summed E-state index contributed by atoms with van der Waals surface area (Å²) < 4.78 is 16.5. The molecule has 43 heavy (non-hydrogen) atoms. The molecule has 4 atom stereocenters. The van der Waals surface area contributed by atoms with Gasteiger partial charge in [0, 0.05) is 16.9 Å². The number of amides is 4. The SMILES string of the molecule is CCOC(=O)C1=C(C)C2[C@@H]3C(=O)N(c4ccc(OCC)cc4)C(=O)[C@H]3C1(C)[C@@H]1C(=O)N(c3ccc(OCC)cc3)C(=O)[C@@H]21. The summed E-state index contributed by atoms with van der Waals surface area (Å²) in [5.74, 6) is -6.07. The van der Waals surface area contributed by atoms with Gasteiger partial charge in [-0.05, 0) is 76.2 Å². The summed E-state index contributed by atoms with van der Waals surface area (Å²) in [6.07, 6.45) is 0. The van der Waals surface area contributed by atoms with Crippen molar-refractivity contribution in [3.8, 4) is 11.5 Å². The smallest absolute Gasteiger partial charge is 0.334 e. The molecule has 0 unspecified atom stereocenters. The van der Waals surface area contributed by atoms with Crippen molar-refractivity contribution >= 4 is 41.0 Å². The van der Waals surface area contributed by atoms with Gasteiger partial charge in [-0.1, -0.05) is 12.5 Å². The largest absolute Gasteiger partial charge is 0.494 e. The third-order valence-electron chi connectivity index (χ3n) is 9.49. The van der Waals surface area contributed by atoms with Crippen LogP contribution in [0.4, 0.5) is 11.4 Å². The van der Waals surface area contributed by atoms with Crippen molar-refractivity contribution in [2.24, 2.45) is 35.0 Å². The molecule has 10 nitrogen and oxygen atoms in total. The summed E-state index contributed by atoms with van der Waals surface area (Å²) >= 11 is 0. The van der Waals surface area contributed by atoms with Gasteiger partial charge in [-0.25, -0.2) is 4.79 Å². The number of anilines is 2. The highest BCUT2D eigenvalue weighted by atomic mass is 16.5. The van der Waals surface area contributed by atoms with Gasteiger partial charge in [0.1, 0.15) is 11.5 Å². The van der Waals surface area contributed by atoms with E-state index in [0.717, 1.165) is 9.80 Å². The van der Waals surface area contributed by atoms with Crippen molar-refractivity contribution < 1.29 is 38.2 Å². The number of benzene rings is 2. The Labute approximate surface area is 249 Å². The predicted molar refractivity (Wildman–Crippen MR) is 155 cm³/mol. The number of hydrogen-bond acceptors (Lipinski definition) is 8. The number of hydrogen-bond donors (Lipinski definition) is 0. The summed E-state index contributed by atoms with van der Waals surface area (Å²) in [7, 11) is 0. The van der Waals surface area contributed by atoms with Gasteiger partial charge in [0.25, 0.3) is 0 Å². The van der Waals surface area contributed by atoms with E-state index in [-0.39, 0.29) is 12.2 Å². The zero-order valence-corrected chi connectivity index (χ0v) is 24.8. The molecule has 7 rings (SSSR count). The maximum Gasteiger partial charge on any atom is 0.334 e. The van der Waals surface area contributed by atoms with E-state index in [1.54, 1.807) is 69.3 Å². The van der Waals surface area contributed by atoms with E-state index < -0.39 is 64.6 Å². The van der Waals surface area contributed by atoms with E-state index in [1.165, 1.54) is 0 Å². The average Bonchev–Trinajstić information content (AvgIpc) is 3.40. The van der Waals surface area contributed by atoms with Crippen molar-refractivity contribution in [2.45, 2.75) is 34.6 Å². The second-order valence-corrected chi connectivity index (χ2v) is 11.5. The van der Waals surface area contributed by atoms with Crippen molar-refractivity contribution in [3.05, 3.63) is 59.7 Å². The Bertz CT molecular complexity index is 1470. The molecule has 2 aromatic rings. The Morgan fingerprint density at radius 2 is 1.09 bits per heavy atom. The predicted octanol–water partition coefficient (Wildman–Crippen LogP) is 3.92. The molecule has 2 bridgehead atoms. The lowest BCUT2D eigenvalue weighted by atomic mass is 9.43. The lowest BCUT2D eigenvalue weighted by molar-refractivity contribution is -0.155. The molecule has 5 aliphatic rings. The molecule has 0 spiro atoms. The van der Waals surface area contributed by atoms with Crippen molar-refractivity contribution in [1.82, 2.24) is 0 Å². The van der Waals surface area contributed by atoms with E-state index in [0.29, 0.717) is 41.7 Å². The standard InChI is InChI=1S/C33H34N2O8/c1-6-41-20-13-9-18(10-14-20)34-28(36)23-22-17(4)25(32(40)43-8-3)33(5,26(23)30(34)38)27-24(22)29(37)35(31(27)39)19-11-15-21(16-12-19)42-7-2/h9-16,22-24,26-27H,6-8H2,1-5H3/t22?,23-,24-,26-,27-,33?/m0/s1. The van der Waals surface area contributed by atoms with Crippen LogP contribution in [0.25, 0.3) is 0 Å². The Kier molecular flexibility index (Phi) is 6.90. The zero-order valence-electron chi connectivity index (χ0n) is 24.8. The zero-order chi connectivity index (χ0) is 30.8. The normalized spacial score (nSPS) is 29.3. The fraction of sp³-hybridized carbons (Fsp3) is 0.424. The Hall–Kier alpha value is -4.47. The molecule has 1 saturated carbocycles. The van der Waals surface area contributed by atoms with Crippen LogP contribution >= 0.6 is 0 Å². The minimum Gasteiger partial charge on any atom is -0.494 e. The molecule has 10 heteroatoms. The van der Waals surface area contributed by atoms with Crippen LogP contribution in [0.2, 0.25) is 0 Å². The van der Waals surface area contributed by atoms with Crippen molar-refractivity contribution in [1.29, 1.82) is 0 Å². The minimum atomic E-state index is -1.46. The third-order valence-corrected chi connectivity index (χ3v) is 9.49. The molecular weight excluding hydrogens is 552 g/mol. The summed E-state index contributed by atoms with van der Waals surface area (Å²) in [5.41, 5.74) is 0.00837. The first kappa shape index (κ1) is 28.6. The average molecular weight is 587 g/mol. The molecule has 2 aromatic carbocycles. The number of nitrogens with zero attached hydrogens (tertiary/aromatic N) is 2. The van der Waals surface area contributed by atoms with Gasteiger partial charge in [0.2, 0.25) is 23.6 Å². The number of esters is 1. The van der Waals surface area contributed by atoms with Crippen LogP contribution in [0.1, 0.15) is 34.6 Å². The molecule has 0 aromatic heterocycles. The molecular formula is C33H34N2O8. The maximum absolute atomic E-state index is 14.3. The molecule has 2 aliphatic heterocycles. The number of allylic oxidation sites excluding steroid dienone is 1. The second kappa shape index (κ2) is 10.4. The van der Waals surface area contributed by atoms with E-state index in [4.69, 9.17) is 14.2 Å². The summed E-state index contributed by atoms with van der Waals surface area (Å²) in [5, 5.41) is 0. The van der Waals surface area contributed by atoms with E-state index in [2.05, 4.69) is 0 Å². The van der Waals surface area contributed by atoms with E-state index >= 15 is 0 Å². The first-order valence-corrected chi connectivity index (χ1v) is 14.7. The van der Waals surface area contributed by atoms with E-state index in [9.17, 15) is 24.0 Å². The Balaban J connectivity index is 1.47. The molecule has 224 valence electrons. The van der Waals surface area contributed by atoms with Gasteiger partial charge in [-0.3, -0.25) is 29.0 Å². The maximum atomic E-state index is 14.3. The second-order valence-electron chi connectivity index (χ2n) is 11.5. The van der Waals surface area contributed by atoms with Gasteiger partial charge < -0.3 is 14.2 Å². The number of rotatable bonds is 8. The fourth-order valence-corrected chi connectivity index (χ4v) is 8.03. The van der Waals surface area contributed by atoms with Crippen LogP contribution < -0.4 is 19.3 Å². The van der Waals surface area contributed by atoms with Crippen LogP contribution in [0.5, 0.6) is 11.5 Å². The molecule has 0 radical (unpaired) electrons. The third kappa shape index (κ3) is 3.88. The van der Waals surface area contributed by atoms with Crippen LogP contribution in [0.15, 0.2) is 59.7 Å². The molecule has 3 fully saturated rings. The summed E-state index contributed by atoms with van der Waals surface area (Å²) in [4.78, 5) is 72.7. The molecule has 0 N–H and O–H groups in total. The number of ether oxygens (including phenoxy) is 3. The molecule has 4 amide bonds. The highest BCUT2D eigenvalue weighted by molar-refractivity contribution is 6.27. The summed E-state index contributed by atoms with van der Waals surface area (Å²) in [6.45, 7) is 9.80. The highest BCUT2D eigenvalue weighted by Crippen LogP contribution is 2.68. The number of carbonyl (C=O) groups is 5. The topological polar surface area (TPSA) is 120 Å². The van der Waals surface area contributed by atoms with Gasteiger partial charge in [0.05, 0.1) is 54.9 Å². The quantitative estimate of drug-likeness (QED) is 0.337.